The van der Waals surface area contributed by atoms with Crippen molar-refractivity contribution in [1.29, 1.82) is 0 Å². The van der Waals surface area contributed by atoms with Crippen LogP contribution in [0.4, 0.5) is 0 Å². The fourth-order valence-electron chi connectivity index (χ4n) is 4.96. The van der Waals surface area contributed by atoms with E-state index in [0.717, 1.165) is 33.6 Å². The highest BCUT2D eigenvalue weighted by Crippen LogP contribution is 2.34. The summed E-state index contributed by atoms with van der Waals surface area (Å²) in [6, 6.07) is 26.0. The molecule has 9 heteroatoms. The summed E-state index contributed by atoms with van der Waals surface area (Å²) >= 11 is 0. The first-order chi connectivity index (χ1) is 18.9. The van der Waals surface area contributed by atoms with Gasteiger partial charge in [-0.15, -0.1) is 10.2 Å². The quantitative estimate of drug-likeness (QED) is 0.311. The van der Waals surface area contributed by atoms with E-state index in [2.05, 4.69) is 69.8 Å². The molecule has 0 saturated carbocycles. The lowest BCUT2D eigenvalue weighted by Crippen LogP contribution is -2.18. The van der Waals surface area contributed by atoms with Crippen LogP contribution >= 0.6 is 0 Å². The molecular weight excluding hydrogens is 488 g/mol. The van der Waals surface area contributed by atoms with E-state index in [1.807, 2.05) is 65.2 Å². The van der Waals surface area contributed by atoms with Gasteiger partial charge in [-0.05, 0) is 27.3 Å². The van der Waals surface area contributed by atoms with Crippen molar-refractivity contribution < 1.29 is 0 Å². The zero-order valence-electron chi connectivity index (χ0n) is 22.0. The van der Waals surface area contributed by atoms with Crippen molar-refractivity contribution in [3.63, 3.8) is 0 Å². The predicted molar refractivity (Wildman–Crippen MR) is 151 cm³/mol. The molecule has 0 bridgehead atoms. The second-order valence-electron chi connectivity index (χ2n) is 10.8. The van der Waals surface area contributed by atoms with Crippen LogP contribution in [0.2, 0.25) is 0 Å². The molecule has 3 aromatic heterocycles. The zero-order chi connectivity index (χ0) is 27.0. The minimum atomic E-state index is -0.262. The fourth-order valence-corrected chi connectivity index (χ4v) is 4.96. The lowest BCUT2D eigenvalue weighted by molar-refractivity contribution is 0.394. The van der Waals surface area contributed by atoms with Gasteiger partial charge in [-0.3, -0.25) is 4.79 Å². The van der Waals surface area contributed by atoms with Gasteiger partial charge in [0.15, 0.2) is 0 Å². The Kier molecular flexibility index (Phi) is 6.11. The maximum atomic E-state index is 13.3. The molecule has 0 atom stereocenters. The Morgan fingerprint density at radius 2 is 1.51 bits per heavy atom. The highest BCUT2D eigenvalue weighted by molar-refractivity contribution is 5.89. The van der Waals surface area contributed by atoms with Gasteiger partial charge in [-0.25, -0.2) is 10.1 Å². The fraction of sp³-hybridized carbons (Fsp3) is 0.200. The van der Waals surface area contributed by atoms with Crippen molar-refractivity contribution in [3.8, 4) is 33.8 Å². The summed E-state index contributed by atoms with van der Waals surface area (Å²) in [5.41, 5.74) is 6.30. The van der Waals surface area contributed by atoms with Crippen molar-refractivity contribution in [2.24, 2.45) is 5.41 Å². The number of H-pyrrole nitrogens is 2. The van der Waals surface area contributed by atoms with Crippen molar-refractivity contribution in [2.75, 3.05) is 0 Å². The Morgan fingerprint density at radius 3 is 2.23 bits per heavy atom. The summed E-state index contributed by atoms with van der Waals surface area (Å²) in [5.74, 6) is 1.37. The molecule has 0 spiro atoms. The Balaban J connectivity index is 1.55. The van der Waals surface area contributed by atoms with E-state index < -0.39 is 0 Å². The Hall–Kier alpha value is -4.92. The van der Waals surface area contributed by atoms with Crippen LogP contribution in [0.25, 0.3) is 44.8 Å². The molecule has 39 heavy (non-hydrogen) atoms. The standard InChI is InChI=1S/C30H28N8O/c1-30(2,3)17-24-31-26-25(19-11-5-4-6-12-19)32-35-29(39)27(26)38(24)18-20-13-7-8-14-21(20)22-15-9-10-16-23(22)28-33-36-37-34-28/h4-16H,17-18H2,1-3H3,(H,35,39)(H,33,34,36,37). The highest BCUT2D eigenvalue weighted by atomic mass is 16.1. The molecule has 0 aliphatic carbocycles. The predicted octanol–water partition coefficient (Wildman–Crippen LogP) is 5.27. The molecule has 6 rings (SSSR count). The van der Waals surface area contributed by atoms with E-state index in [4.69, 9.17) is 4.98 Å². The van der Waals surface area contributed by atoms with Crippen LogP contribution in [0.1, 0.15) is 32.2 Å². The molecular formula is C30H28N8O. The van der Waals surface area contributed by atoms with Gasteiger partial charge in [0.25, 0.3) is 5.56 Å². The Bertz CT molecular complexity index is 1810. The third-order valence-corrected chi connectivity index (χ3v) is 6.64. The lowest BCUT2D eigenvalue weighted by Gasteiger charge is -2.20. The normalized spacial score (nSPS) is 11.8. The molecule has 3 aromatic carbocycles. The maximum absolute atomic E-state index is 13.3. The molecule has 0 aliphatic rings. The Labute approximate surface area is 225 Å². The third kappa shape index (κ3) is 4.74. The van der Waals surface area contributed by atoms with Crippen molar-refractivity contribution >= 4 is 11.0 Å². The van der Waals surface area contributed by atoms with E-state index in [1.54, 1.807) is 0 Å². The van der Waals surface area contributed by atoms with E-state index in [-0.39, 0.29) is 11.0 Å². The van der Waals surface area contributed by atoms with Gasteiger partial charge in [0.1, 0.15) is 22.6 Å². The van der Waals surface area contributed by atoms with Crippen molar-refractivity contribution in [1.82, 2.24) is 40.4 Å². The van der Waals surface area contributed by atoms with Gasteiger partial charge < -0.3 is 4.57 Å². The van der Waals surface area contributed by atoms with Crippen LogP contribution in [0.15, 0.2) is 83.7 Å². The van der Waals surface area contributed by atoms with Crippen LogP contribution in [0.3, 0.4) is 0 Å². The number of tetrazole rings is 1. The first-order valence-electron chi connectivity index (χ1n) is 12.8. The third-order valence-electron chi connectivity index (χ3n) is 6.64. The van der Waals surface area contributed by atoms with Gasteiger partial charge in [0.05, 0.1) is 6.54 Å². The molecule has 0 unspecified atom stereocenters. The molecule has 2 N–H and O–H groups in total. The smallest absolute Gasteiger partial charge is 0.290 e. The molecule has 0 fully saturated rings. The van der Waals surface area contributed by atoms with Gasteiger partial charge in [0, 0.05) is 17.5 Å². The number of hydrogen-bond donors (Lipinski definition) is 2. The van der Waals surface area contributed by atoms with E-state index in [1.165, 1.54) is 0 Å². The Morgan fingerprint density at radius 1 is 0.821 bits per heavy atom. The van der Waals surface area contributed by atoms with Gasteiger partial charge in [0.2, 0.25) is 5.82 Å². The first kappa shape index (κ1) is 24.4. The van der Waals surface area contributed by atoms with Crippen LogP contribution < -0.4 is 5.56 Å². The number of aromatic nitrogens is 8. The lowest BCUT2D eigenvalue weighted by atomic mass is 9.91. The molecule has 9 nitrogen and oxygen atoms in total. The topological polar surface area (TPSA) is 118 Å². The van der Waals surface area contributed by atoms with E-state index in [0.29, 0.717) is 35.5 Å². The summed E-state index contributed by atoms with van der Waals surface area (Å²) in [6.45, 7) is 6.98. The number of aromatic amines is 2. The van der Waals surface area contributed by atoms with Gasteiger partial charge >= 0.3 is 0 Å². The first-order valence-corrected chi connectivity index (χ1v) is 12.8. The average Bonchev–Trinajstić information content (AvgIpc) is 3.58. The minimum Gasteiger partial charge on any atom is -0.319 e. The van der Waals surface area contributed by atoms with E-state index >= 15 is 0 Å². The second-order valence-corrected chi connectivity index (χ2v) is 10.8. The summed E-state index contributed by atoms with van der Waals surface area (Å²) in [7, 11) is 0. The maximum Gasteiger partial charge on any atom is 0.290 e. The minimum absolute atomic E-state index is 0.0447. The van der Waals surface area contributed by atoms with Gasteiger partial charge in [-0.2, -0.15) is 10.3 Å². The monoisotopic (exact) mass is 516 g/mol. The number of imidazole rings is 1. The number of fused-ring (bicyclic) bond motifs is 1. The highest BCUT2D eigenvalue weighted by Gasteiger charge is 2.24. The summed E-state index contributed by atoms with van der Waals surface area (Å²) in [4.78, 5) is 18.4. The van der Waals surface area contributed by atoms with Crippen LogP contribution in [0, 0.1) is 5.41 Å². The SMILES string of the molecule is CC(C)(C)Cc1nc2c(-c3ccccc3)n[nH]c(=O)c2n1Cc1ccccc1-c1ccccc1-c1nn[nH]n1. The number of benzene rings is 3. The van der Waals surface area contributed by atoms with Crippen LogP contribution in [-0.2, 0) is 13.0 Å². The molecule has 6 aromatic rings. The zero-order valence-corrected chi connectivity index (χ0v) is 22.0. The largest absolute Gasteiger partial charge is 0.319 e. The van der Waals surface area contributed by atoms with E-state index in [9.17, 15) is 4.79 Å². The van der Waals surface area contributed by atoms with Crippen LogP contribution in [-0.4, -0.2) is 40.4 Å². The van der Waals surface area contributed by atoms with Crippen molar-refractivity contribution in [2.45, 2.75) is 33.7 Å². The summed E-state index contributed by atoms with van der Waals surface area (Å²) in [6.07, 6.45) is 0.691. The molecule has 194 valence electrons. The second kappa shape index (κ2) is 9.75. The molecule has 0 radical (unpaired) electrons. The molecule has 0 amide bonds. The van der Waals surface area contributed by atoms with Gasteiger partial charge in [-0.1, -0.05) is 99.6 Å². The number of nitrogens with zero attached hydrogens (tertiary/aromatic N) is 6. The number of hydrogen-bond acceptors (Lipinski definition) is 6. The van der Waals surface area contributed by atoms with Crippen molar-refractivity contribution in [3.05, 3.63) is 101 Å². The number of nitrogens with one attached hydrogen (secondary N) is 2. The molecule has 0 saturated heterocycles. The average molecular weight is 517 g/mol. The molecule has 0 aliphatic heterocycles. The summed E-state index contributed by atoms with van der Waals surface area (Å²) in [5, 5.41) is 21.8. The number of rotatable bonds is 6. The molecule has 3 heterocycles. The van der Waals surface area contributed by atoms with Crippen LogP contribution in [0.5, 0.6) is 0 Å². The summed E-state index contributed by atoms with van der Waals surface area (Å²) < 4.78 is 2.04.